The largest absolute Gasteiger partial charge is 0.333 e. The first-order chi connectivity index (χ1) is 7.27. The van der Waals surface area contributed by atoms with E-state index in [9.17, 15) is 4.79 Å². The minimum atomic E-state index is -0.794. The number of Topliss-reactive ketones (excluding diaryl/α,β-unsaturated/α-hetero) is 1. The Morgan fingerprint density at radius 3 is 2.33 bits per heavy atom. The van der Waals surface area contributed by atoms with Gasteiger partial charge in [0, 0.05) is 19.8 Å². The van der Waals surface area contributed by atoms with E-state index in [1.54, 1.807) is 24.3 Å². The number of methoxy groups -OCH3 is 2. The number of rotatable bonds is 6. The maximum atomic E-state index is 11.5. The molecule has 0 saturated heterocycles. The summed E-state index contributed by atoms with van der Waals surface area (Å²) in [6.07, 6.45) is 0. The standard InChI is InChI=1S/C11H14O4/c1-13-11(14-2)15-8-10(12)9-6-4-3-5-7-9/h3-7,11H,8H2,1-2H3. The van der Waals surface area contributed by atoms with Crippen molar-refractivity contribution in [3.05, 3.63) is 35.9 Å². The van der Waals surface area contributed by atoms with E-state index < -0.39 is 6.48 Å². The molecule has 82 valence electrons. The van der Waals surface area contributed by atoms with E-state index in [0.717, 1.165) is 0 Å². The zero-order valence-corrected chi connectivity index (χ0v) is 8.80. The van der Waals surface area contributed by atoms with Crippen LogP contribution < -0.4 is 0 Å². The summed E-state index contributed by atoms with van der Waals surface area (Å²) >= 11 is 0. The van der Waals surface area contributed by atoms with Crippen molar-refractivity contribution in [3.8, 4) is 0 Å². The molecule has 0 radical (unpaired) electrons. The Hall–Kier alpha value is -1.23. The lowest BCUT2D eigenvalue weighted by molar-refractivity contribution is -0.259. The van der Waals surface area contributed by atoms with Crippen molar-refractivity contribution in [1.29, 1.82) is 0 Å². The van der Waals surface area contributed by atoms with E-state index in [0.29, 0.717) is 5.56 Å². The molecule has 0 amide bonds. The predicted molar refractivity (Wildman–Crippen MR) is 54.5 cm³/mol. The molecule has 0 fully saturated rings. The molecule has 0 saturated carbocycles. The van der Waals surface area contributed by atoms with Crippen LogP contribution in [-0.4, -0.2) is 33.1 Å². The van der Waals surface area contributed by atoms with Gasteiger partial charge in [0.2, 0.25) is 0 Å². The van der Waals surface area contributed by atoms with Gasteiger partial charge in [-0.2, -0.15) is 0 Å². The van der Waals surface area contributed by atoms with Crippen LogP contribution in [0.4, 0.5) is 0 Å². The summed E-state index contributed by atoms with van der Waals surface area (Å²) in [4.78, 5) is 11.5. The lowest BCUT2D eigenvalue weighted by Crippen LogP contribution is -2.21. The average molecular weight is 210 g/mol. The zero-order chi connectivity index (χ0) is 11.1. The van der Waals surface area contributed by atoms with Crippen molar-refractivity contribution in [2.75, 3.05) is 20.8 Å². The van der Waals surface area contributed by atoms with Crippen LogP contribution in [0.25, 0.3) is 0 Å². The number of benzene rings is 1. The zero-order valence-electron chi connectivity index (χ0n) is 8.80. The van der Waals surface area contributed by atoms with Crippen molar-refractivity contribution in [3.63, 3.8) is 0 Å². The molecule has 4 nitrogen and oxygen atoms in total. The van der Waals surface area contributed by atoms with Crippen molar-refractivity contribution in [2.24, 2.45) is 0 Å². The van der Waals surface area contributed by atoms with Gasteiger partial charge >= 0.3 is 0 Å². The Bertz CT molecular complexity index is 293. The second-order valence-electron chi connectivity index (χ2n) is 2.86. The molecule has 0 aliphatic rings. The Morgan fingerprint density at radius 1 is 1.20 bits per heavy atom. The van der Waals surface area contributed by atoms with Crippen LogP contribution in [0.3, 0.4) is 0 Å². The highest BCUT2D eigenvalue weighted by Gasteiger charge is 2.10. The lowest BCUT2D eigenvalue weighted by atomic mass is 10.1. The van der Waals surface area contributed by atoms with Gasteiger partial charge in [0.15, 0.2) is 5.78 Å². The molecule has 15 heavy (non-hydrogen) atoms. The van der Waals surface area contributed by atoms with Crippen molar-refractivity contribution in [1.82, 2.24) is 0 Å². The van der Waals surface area contributed by atoms with Crippen LogP contribution in [0.15, 0.2) is 30.3 Å². The SMILES string of the molecule is COC(OC)OCC(=O)c1ccccc1. The molecular weight excluding hydrogens is 196 g/mol. The highest BCUT2D eigenvalue weighted by molar-refractivity contribution is 5.96. The van der Waals surface area contributed by atoms with Gasteiger partial charge < -0.3 is 14.2 Å². The average Bonchev–Trinajstić information content (AvgIpc) is 2.31. The van der Waals surface area contributed by atoms with E-state index in [-0.39, 0.29) is 12.4 Å². The van der Waals surface area contributed by atoms with Crippen LogP contribution in [0.1, 0.15) is 10.4 Å². The number of hydrogen-bond donors (Lipinski definition) is 0. The molecule has 0 heterocycles. The number of ether oxygens (including phenoxy) is 3. The quantitative estimate of drug-likeness (QED) is 0.526. The van der Waals surface area contributed by atoms with Crippen molar-refractivity contribution >= 4 is 5.78 Å². The van der Waals surface area contributed by atoms with E-state index >= 15 is 0 Å². The molecule has 0 aliphatic carbocycles. The molecule has 0 aromatic heterocycles. The van der Waals surface area contributed by atoms with Gasteiger partial charge in [-0.05, 0) is 0 Å². The number of carbonyl (C=O) groups is 1. The summed E-state index contributed by atoms with van der Waals surface area (Å²) in [5.74, 6) is -0.102. The predicted octanol–water partition coefficient (Wildman–Crippen LogP) is 1.46. The summed E-state index contributed by atoms with van der Waals surface area (Å²) in [6, 6.07) is 8.93. The first kappa shape index (κ1) is 11.8. The third-order valence-electron chi connectivity index (χ3n) is 1.83. The van der Waals surface area contributed by atoms with E-state index in [2.05, 4.69) is 0 Å². The monoisotopic (exact) mass is 210 g/mol. The van der Waals surface area contributed by atoms with Gasteiger partial charge in [0.25, 0.3) is 6.48 Å². The molecule has 4 heteroatoms. The smallest absolute Gasteiger partial charge is 0.271 e. The maximum Gasteiger partial charge on any atom is 0.271 e. The fraction of sp³-hybridized carbons (Fsp3) is 0.364. The van der Waals surface area contributed by atoms with Crippen LogP contribution in [0.5, 0.6) is 0 Å². The summed E-state index contributed by atoms with van der Waals surface area (Å²) in [7, 11) is 2.89. The van der Waals surface area contributed by atoms with Gasteiger partial charge in [0.1, 0.15) is 6.61 Å². The van der Waals surface area contributed by atoms with Gasteiger partial charge in [-0.25, -0.2) is 0 Å². The highest BCUT2D eigenvalue weighted by Crippen LogP contribution is 2.02. The molecule has 0 spiro atoms. The van der Waals surface area contributed by atoms with E-state index in [4.69, 9.17) is 14.2 Å². The van der Waals surface area contributed by atoms with Crippen LogP contribution in [0.2, 0.25) is 0 Å². The molecule has 0 unspecified atom stereocenters. The molecule has 1 rings (SSSR count). The summed E-state index contributed by atoms with van der Waals surface area (Å²) in [5.41, 5.74) is 0.614. The van der Waals surface area contributed by atoms with Crippen LogP contribution in [-0.2, 0) is 14.2 Å². The van der Waals surface area contributed by atoms with Gasteiger partial charge in [-0.3, -0.25) is 4.79 Å². The van der Waals surface area contributed by atoms with E-state index in [1.165, 1.54) is 14.2 Å². The fourth-order valence-electron chi connectivity index (χ4n) is 1.08. The normalized spacial score (nSPS) is 10.6. The summed E-state index contributed by atoms with van der Waals surface area (Å²) in [5, 5.41) is 0. The Balaban J connectivity index is 2.43. The summed E-state index contributed by atoms with van der Waals surface area (Å²) < 4.78 is 14.6. The van der Waals surface area contributed by atoms with Crippen molar-refractivity contribution < 1.29 is 19.0 Å². The molecular formula is C11H14O4. The first-order valence-corrected chi connectivity index (χ1v) is 4.53. The topological polar surface area (TPSA) is 44.8 Å². The Morgan fingerprint density at radius 2 is 1.80 bits per heavy atom. The Labute approximate surface area is 88.8 Å². The second kappa shape index (κ2) is 6.29. The number of ketones is 1. The van der Waals surface area contributed by atoms with E-state index in [1.807, 2.05) is 6.07 Å². The summed E-state index contributed by atoms with van der Waals surface area (Å²) in [6.45, 7) is -0.853. The molecule has 0 aliphatic heterocycles. The third kappa shape index (κ3) is 3.79. The van der Waals surface area contributed by atoms with Crippen molar-refractivity contribution in [2.45, 2.75) is 6.48 Å². The van der Waals surface area contributed by atoms with Gasteiger partial charge in [0.05, 0.1) is 0 Å². The molecule has 1 aromatic carbocycles. The minimum Gasteiger partial charge on any atom is -0.333 e. The van der Waals surface area contributed by atoms with Gasteiger partial charge in [-0.15, -0.1) is 0 Å². The minimum absolute atomic E-state index is 0.0592. The third-order valence-corrected chi connectivity index (χ3v) is 1.83. The number of hydrogen-bond acceptors (Lipinski definition) is 4. The van der Waals surface area contributed by atoms with Gasteiger partial charge in [-0.1, -0.05) is 30.3 Å². The van der Waals surface area contributed by atoms with Crippen LogP contribution >= 0.6 is 0 Å². The highest BCUT2D eigenvalue weighted by atomic mass is 16.8. The van der Waals surface area contributed by atoms with Crippen LogP contribution in [0, 0.1) is 0 Å². The molecule has 1 aromatic rings. The molecule has 0 N–H and O–H groups in total. The Kier molecular flexibility index (Phi) is 4.97. The first-order valence-electron chi connectivity index (χ1n) is 4.53. The fourth-order valence-corrected chi connectivity index (χ4v) is 1.08. The second-order valence-corrected chi connectivity index (χ2v) is 2.86. The maximum absolute atomic E-state index is 11.5. The lowest BCUT2D eigenvalue weighted by Gasteiger charge is -2.12. The molecule has 0 atom stereocenters. The number of carbonyl (C=O) groups excluding carboxylic acids is 1. The molecule has 0 bridgehead atoms.